The molecule has 1 aliphatic rings. The molecule has 1 fully saturated rings. The number of carbonyl (C=O) groups is 2. The zero-order valence-electron chi connectivity index (χ0n) is 15.7. The van der Waals surface area contributed by atoms with E-state index in [0.29, 0.717) is 30.1 Å². The van der Waals surface area contributed by atoms with Crippen LogP contribution in [-0.2, 0) is 4.79 Å². The minimum atomic E-state index is -0.191. The highest BCUT2D eigenvalue weighted by atomic mass is 35.5. The highest BCUT2D eigenvalue weighted by Crippen LogP contribution is 2.27. The number of benzene rings is 2. The van der Waals surface area contributed by atoms with Gasteiger partial charge >= 0.3 is 0 Å². The monoisotopic (exact) mass is 385 g/mol. The zero-order valence-corrected chi connectivity index (χ0v) is 16.4. The first-order valence-electron chi connectivity index (χ1n) is 9.19. The van der Waals surface area contributed by atoms with Gasteiger partial charge < -0.3 is 15.1 Å². The summed E-state index contributed by atoms with van der Waals surface area (Å²) in [5.74, 6) is -0.00312. The van der Waals surface area contributed by atoms with Crippen molar-refractivity contribution in [3.8, 4) is 0 Å². The van der Waals surface area contributed by atoms with Crippen LogP contribution in [0.2, 0.25) is 5.02 Å². The summed E-state index contributed by atoms with van der Waals surface area (Å²) in [6.07, 6.45) is 0.533. The number of hydrogen-bond donors (Lipinski definition) is 1. The molecule has 1 N–H and O–H groups in total. The predicted molar refractivity (Wildman–Crippen MR) is 110 cm³/mol. The molecule has 5 nitrogen and oxygen atoms in total. The zero-order chi connectivity index (χ0) is 19.4. The van der Waals surface area contributed by atoms with Crippen LogP contribution in [0.5, 0.6) is 0 Å². The minimum Gasteiger partial charge on any atom is -0.366 e. The van der Waals surface area contributed by atoms with Crippen molar-refractivity contribution in [3.63, 3.8) is 0 Å². The normalized spacial score (nSPS) is 14.2. The largest absolute Gasteiger partial charge is 0.366 e. The average Bonchev–Trinajstić information content (AvgIpc) is 2.70. The molecule has 0 aliphatic carbocycles. The number of carbonyl (C=O) groups excluding carboxylic acids is 2. The van der Waals surface area contributed by atoms with Crippen molar-refractivity contribution in [2.45, 2.75) is 20.3 Å². The molecule has 0 saturated carbocycles. The molecule has 2 aromatic carbocycles. The van der Waals surface area contributed by atoms with Gasteiger partial charge in [0.05, 0.1) is 11.4 Å². The Morgan fingerprint density at radius 1 is 1.07 bits per heavy atom. The summed E-state index contributed by atoms with van der Waals surface area (Å²) in [6.45, 7) is 6.67. The van der Waals surface area contributed by atoms with Crippen LogP contribution in [0.15, 0.2) is 42.5 Å². The minimum absolute atomic E-state index is 0.187. The summed E-state index contributed by atoms with van der Waals surface area (Å²) in [4.78, 5) is 28.6. The molecule has 0 spiro atoms. The smallest absolute Gasteiger partial charge is 0.255 e. The third-order valence-electron chi connectivity index (χ3n) is 4.86. The molecule has 0 unspecified atom stereocenters. The molecule has 1 aliphatic heterocycles. The number of amides is 2. The molecule has 2 aromatic rings. The van der Waals surface area contributed by atoms with Gasteiger partial charge in [-0.2, -0.15) is 0 Å². The lowest BCUT2D eigenvalue weighted by molar-refractivity contribution is -0.131. The van der Waals surface area contributed by atoms with Crippen LogP contribution in [0, 0.1) is 6.92 Å². The first-order chi connectivity index (χ1) is 13.0. The number of anilines is 2. The molecule has 1 saturated heterocycles. The van der Waals surface area contributed by atoms with Gasteiger partial charge in [0.2, 0.25) is 5.91 Å². The van der Waals surface area contributed by atoms with E-state index in [1.54, 1.807) is 12.1 Å². The molecule has 6 heteroatoms. The van der Waals surface area contributed by atoms with Crippen LogP contribution >= 0.6 is 11.6 Å². The molecule has 0 atom stereocenters. The Morgan fingerprint density at radius 3 is 2.44 bits per heavy atom. The SMILES string of the molecule is CCC(=O)N1CCN(c2ccccc2NC(=O)c2ccc(C)c(Cl)c2)CC1. The van der Waals surface area contributed by atoms with E-state index in [-0.39, 0.29) is 11.8 Å². The average molecular weight is 386 g/mol. The highest BCUT2D eigenvalue weighted by molar-refractivity contribution is 6.31. The maximum Gasteiger partial charge on any atom is 0.255 e. The lowest BCUT2D eigenvalue weighted by Gasteiger charge is -2.36. The van der Waals surface area contributed by atoms with E-state index in [0.717, 1.165) is 30.0 Å². The molecule has 0 bridgehead atoms. The first-order valence-corrected chi connectivity index (χ1v) is 9.56. The van der Waals surface area contributed by atoms with Gasteiger partial charge in [-0.1, -0.05) is 36.7 Å². The van der Waals surface area contributed by atoms with Gasteiger partial charge in [0.25, 0.3) is 5.91 Å². The van der Waals surface area contributed by atoms with E-state index < -0.39 is 0 Å². The molecule has 1 heterocycles. The second-order valence-electron chi connectivity index (χ2n) is 6.66. The van der Waals surface area contributed by atoms with Gasteiger partial charge in [0.15, 0.2) is 0 Å². The van der Waals surface area contributed by atoms with Gasteiger partial charge in [0.1, 0.15) is 0 Å². The van der Waals surface area contributed by atoms with Crippen molar-refractivity contribution >= 4 is 34.8 Å². The lowest BCUT2D eigenvalue weighted by Crippen LogP contribution is -2.48. The highest BCUT2D eigenvalue weighted by Gasteiger charge is 2.22. The Morgan fingerprint density at radius 2 is 1.78 bits per heavy atom. The first kappa shape index (κ1) is 19.2. The molecule has 0 aromatic heterocycles. The summed E-state index contributed by atoms with van der Waals surface area (Å²) >= 11 is 6.14. The number of aryl methyl sites for hydroxylation is 1. The number of piperazine rings is 1. The second-order valence-corrected chi connectivity index (χ2v) is 7.06. The van der Waals surface area contributed by atoms with Crippen LogP contribution in [0.3, 0.4) is 0 Å². The van der Waals surface area contributed by atoms with E-state index >= 15 is 0 Å². The number of para-hydroxylation sites is 2. The number of rotatable bonds is 4. The van der Waals surface area contributed by atoms with Crippen LogP contribution in [0.25, 0.3) is 0 Å². The van der Waals surface area contributed by atoms with E-state index in [9.17, 15) is 9.59 Å². The number of halogens is 1. The fourth-order valence-corrected chi connectivity index (χ4v) is 3.38. The predicted octanol–water partition coefficient (Wildman–Crippen LogP) is 3.96. The van der Waals surface area contributed by atoms with Gasteiger partial charge in [0, 0.05) is 43.2 Å². The Kier molecular flexibility index (Phi) is 6.01. The van der Waals surface area contributed by atoms with Crippen molar-refractivity contribution in [2.24, 2.45) is 0 Å². The van der Waals surface area contributed by atoms with E-state index in [4.69, 9.17) is 11.6 Å². The fourth-order valence-electron chi connectivity index (χ4n) is 3.20. The van der Waals surface area contributed by atoms with Gasteiger partial charge in [-0.15, -0.1) is 0 Å². The Labute approximate surface area is 164 Å². The maximum absolute atomic E-state index is 12.7. The van der Waals surface area contributed by atoms with Crippen LogP contribution < -0.4 is 10.2 Å². The quantitative estimate of drug-likeness (QED) is 0.866. The molecule has 142 valence electrons. The lowest BCUT2D eigenvalue weighted by atomic mass is 10.1. The van der Waals surface area contributed by atoms with Gasteiger partial charge in [-0.25, -0.2) is 0 Å². The topological polar surface area (TPSA) is 52.7 Å². The van der Waals surface area contributed by atoms with Crippen LogP contribution in [0.1, 0.15) is 29.3 Å². The third-order valence-corrected chi connectivity index (χ3v) is 5.27. The summed E-state index contributed by atoms with van der Waals surface area (Å²) in [7, 11) is 0. The summed E-state index contributed by atoms with van der Waals surface area (Å²) in [5.41, 5.74) is 3.19. The third kappa shape index (κ3) is 4.42. The summed E-state index contributed by atoms with van der Waals surface area (Å²) < 4.78 is 0. The van der Waals surface area contributed by atoms with Crippen molar-refractivity contribution < 1.29 is 9.59 Å². The van der Waals surface area contributed by atoms with Crippen LogP contribution in [0.4, 0.5) is 11.4 Å². The van der Waals surface area contributed by atoms with Gasteiger partial charge in [-0.3, -0.25) is 9.59 Å². The van der Waals surface area contributed by atoms with Crippen molar-refractivity contribution in [1.29, 1.82) is 0 Å². The van der Waals surface area contributed by atoms with E-state index in [2.05, 4.69) is 10.2 Å². The standard InChI is InChI=1S/C21H24ClN3O2/c1-3-20(26)25-12-10-24(11-13-25)19-7-5-4-6-18(19)23-21(27)16-9-8-15(2)17(22)14-16/h4-9,14H,3,10-13H2,1-2H3,(H,23,27). The van der Waals surface area contributed by atoms with E-state index in [1.165, 1.54) is 0 Å². The molecule has 2 amide bonds. The Bertz CT molecular complexity index is 845. The number of hydrogen-bond acceptors (Lipinski definition) is 3. The molecular formula is C21H24ClN3O2. The van der Waals surface area contributed by atoms with Crippen molar-refractivity contribution in [3.05, 3.63) is 58.6 Å². The Balaban J connectivity index is 1.74. The van der Waals surface area contributed by atoms with Crippen molar-refractivity contribution in [1.82, 2.24) is 4.90 Å². The molecule has 0 radical (unpaired) electrons. The Hall–Kier alpha value is -2.53. The molecular weight excluding hydrogens is 362 g/mol. The second kappa shape index (κ2) is 8.44. The summed E-state index contributed by atoms with van der Waals surface area (Å²) in [5, 5.41) is 3.57. The fraction of sp³-hybridized carbons (Fsp3) is 0.333. The number of nitrogens with one attached hydrogen (secondary N) is 1. The number of nitrogens with zero attached hydrogens (tertiary/aromatic N) is 2. The van der Waals surface area contributed by atoms with Crippen molar-refractivity contribution in [2.75, 3.05) is 36.4 Å². The van der Waals surface area contributed by atoms with Gasteiger partial charge in [-0.05, 0) is 36.8 Å². The molecule has 27 heavy (non-hydrogen) atoms. The van der Waals surface area contributed by atoms with E-state index in [1.807, 2.05) is 49.1 Å². The molecule has 3 rings (SSSR count). The van der Waals surface area contributed by atoms with Crippen LogP contribution in [-0.4, -0.2) is 42.9 Å². The maximum atomic E-state index is 12.7. The summed E-state index contributed by atoms with van der Waals surface area (Å²) in [6, 6.07) is 13.0.